The van der Waals surface area contributed by atoms with Gasteiger partial charge in [-0.05, 0) is 54.9 Å². The van der Waals surface area contributed by atoms with Crippen LogP contribution < -0.4 is 5.32 Å². The van der Waals surface area contributed by atoms with Gasteiger partial charge in [-0.2, -0.15) is 0 Å². The molecule has 1 fully saturated rings. The number of carbonyl (C=O) groups is 1. The molecule has 0 aliphatic heterocycles. The number of anilines is 2. The molecular weight excluding hydrogens is 460 g/mol. The summed E-state index contributed by atoms with van der Waals surface area (Å²) < 4.78 is 4.98. The zero-order chi connectivity index (χ0) is 23.8. The van der Waals surface area contributed by atoms with E-state index in [9.17, 15) is 9.90 Å². The minimum Gasteiger partial charge on any atom is -0.469 e. The third-order valence-corrected chi connectivity index (χ3v) is 7.60. The van der Waals surface area contributed by atoms with Crippen LogP contribution in [0.15, 0.2) is 36.8 Å². The maximum Gasteiger partial charge on any atom is 0.309 e. The summed E-state index contributed by atoms with van der Waals surface area (Å²) in [6.45, 7) is 6.03. The van der Waals surface area contributed by atoms with E-state index in [4.69, 9.17) is 16.3 Å². The summed E-state index contributed by atoms with van der Waals surface area (Å²) in [6, 6.07) is 6.09. The van der Waals surface area contributed by atoms with E-state index >= 15 is 0 Å². The zero-order valence-electron chi connectivity index (χ0n) is 19.1. The lowest BCUT2D eigenvalue weighted by Crippen LogP contribution is -2.45. The van der Waals surface area contributed by atoms with Crippen molar-refractivity contribution in [2.24, 2.45) is 11.3 Å². The van der Waals surface area contributed by atoms with Crippen molar-refractivity contribution in [3.63, 3.8) is 0 Å². The lowest BCUT2D eigenvalue weighted by atomic mass is 9.63. The number of ether oxygens (including phenoxy) is 1. The molecule has 0 radical (unpaired) electrons. The Kier molecular flexibility index (Phi) is 6.44. The second-order valence-corrected chi connectivity index (χ2v) is 10.7. The Morgan fingerprint density at radius 1 is 1.21 bits per heavy atom. The first kappa shape index (κ1) is 23.6. The van der Waals surface area contributed by atoms with Crippen LogP contribution in [0.4, 0.5) is 11.6 Å². The number of carbonyl (C=O) groups excluding carboxylic acids is 1. The summed E-state index contributed by atoms with van der Waals surface area (Å²) in [5.41, 5.74) is 1.43. The molecule has 2 atom stereocenters. The van der Waals surface area contributed by atoms with Gasteiger partial charge in [0.15, 0.2) is 0 Å². The van der Waals surface area contributed by atoms with Crippen LogP contribution in [-0.4, -0.2) is 33.1 Å². The van der Waals surface area contributed by atoms with Crippen LogP contribution in [0.3, 0.4) is 0 Å². The van der Waals surface area contributed by atoms with Gasteiger partial charge in [0, 0.05) is 11.9 Å². The standard InChI is InChI=1S/C24H27ClN4O3S/c1-14-7-15(9-17(8-14)29-22-27-10-16(25)11-28-22)19-12-26-21(33-19)24(31)6-5-18(20(30)32-4)23(2,3)13-24/h7-12,18,31H,5-6,13H2,1-4H3,(H,27,28,29). The Balaban J connectivity index is 1.58. The highest BCUT2D eigenvalue weighted by Gasteiger charge is 2.49. The summed E-state index contributed by atoms with van der Waals surface area (Å²) >= 11 is 7.35. The van der Waals surface area contributed by atoms with Gasteiger partial charge in [0.25, 0.3) is 0 Å². The van der Waals surface area contributed by atoms with Crippen molar-refractivity contribution in [2.45, 2.75) is 45.6 Å². The second kappa shape index (κ2) is 9.00. The molecule has 33 heavy (non-hydrogen) atoms. The van der Waals surface area contributed by atoms with E-state index in [1.54, 1.807) is 18.6 Å². The molecule has 2 heterocycles. The summed E-state index contributed by atoms with van der Waals surface area (Å²) in [6.07, 6.45) is 6.36. The number of benzene rings is 1. The smallest absolute Gasteiger partial charge is 0.309 e. The Hall–Kier alpha value is -2.55. The number of nitrogens with one attached hydrogen (secondary N) is 1. The Morgan fingerprint density at radius 2 is 1.94 bits per heavy atom. The number of nitrogens with zero attached hydrogens (tertiary/aromatic N) is 3. The first-order valence-corrected chi connectivity index (χ1v) is 11.9. The number of methoxy groups -OCH3 is 1. The van der Waals surface area contributed by atoms with Crippen molar-refractivity contribution in [3.05, 3.63) is 52.4 Å². The average Bonchev–Trinajstić information content (AvgIpc) is 3.25. The molecule has 1 aliphatic carbocycles. The van der Waals surface area contributed by atoms with Gasteiger partial charge in [-0.25, -0.2) is 15.0 Å². The number of aryl methyl sites for hydroxylation is 1. The highest BCUT2D eigenvalue weighted by molar-refractivity contribution is 7.15. The van der Waals surface area contributed by atoms with Gasteiger partial charge in [-0.1, -0.05) is 31.5 Å². The number of aromatic nitrogens is 3. The van der Waals surface area contributed by atoms with Gasteiger partial charge in [-0.15, -0.1) is 11.3 Å². The monoisotopic (exact) mass is 486 g/mol. The summed E-state index contributed by atoms with van der Waals surface area (Å²) in [7, 11) is 1.41. The van der Waals surface area contributed by atoms with Crippen molar-refractivity contribution in [3.8, 4) is 10.4 Å². The van der Waals surface area contributed by atoms with Crippen molar-refractivity contribution < 1.29 is 14.6 Å². The number of thiazole rings is 1. The quantitative estimate of drug-likeness (QED) is 0.460. The van der Waals surface area contributed by atoms with E-state index in [0.717, 1.165) is 21.7 Å². The number of aliphatic hydroxyl groups is 1. The summed E-state index contributed by atoms with van der Waals surface area (Å²) in [4.78, 5) is 26.1. The normalized spacial score (nSPS) is 22.1. The van der Waals surface area contributed by atoms with E-state index in [0.29, 0.717) is 35.2 Å². The molecule has 1 aromatic carbocycles. The fourth-order valence-corrected chi connectivity index (χ4v) is 5.74. The molecule has 9 heteroatoms. The number of hydrogen-bond acceptors (Lipinski definition) is 8. The number of hydrogen-bond donors (Lipinski definition) is 2. The van der Waals surface area contributed by atoms with Crippen LogP contribution in [-0.2, 0) is 15.1 Å². The molecule has 1 saturated carbocycles. The van der Waals surface area contributed by atoms with Crippen molar-refractivity contribution >= 4 is 40.5 Å². The number of esters is 1. The molecule has 7 nitrogen and oxygen atoms in total. The molecular formula is C24H27ClN4O3S. The topological polar surface area (TPSA) is 97.2 Å². The summed E-state index contributed by atoms with van der Waals surface area (Å²) in [5, 5.41) is 15.8. The fourth-order valence-electron chi connectivity index (χ4n) is 4.63. The van der Waals surface area contributed by atoms with Gasteiger partial charge in [0.2, 0.25) is 5.95 Å². The second-order valence-electron chi connectivity index (χ2n) is 9.28. The van der Waals surface area contributed by atoms with E-state index in [1.165, 1.54) is 18.4 Å². The van der Waals surface area contributed by atoms with Crippen LogP contribution in [0.5, 0.6) is 0 Å². The van der Waals surface area contributed by atoms with Crippen molar-refractivity contribution in [1.29, 1.82) is 0 Å². The average molecular weight is 487 g/mol. The van der Waals surface area contributed by atoms with Gasteiger partial charge >= 0.3 is 5.97 Å². The molecule has 2 unspecified atom stereocenters. The van der Waals surface area contributed by atoms with Gasteiger partial charge in [0.05, 0.1) is 35.3 Å². The molecule has 0 amide bonds. The number of halogens is 1. The molecule has 0 spiro atoms. The maximum atomic E-state index is 12.2. The van der Waals surface area contributed by atoms with E-state index in [-0.39, 0.29) is 11.9 Å². The zero-order valence-corrected chi connectivity index (χ0v) is 20.6. The Labute approximate surface area is 202 Å². The van der Waals surface area contributed by atoms with Gasteiger partial charge < -0.3 is 15.2 Å². The van der Waals surface area contributed by atoms with Crippen LogP contribution in [0.1, 0.15) is 43.7 Å². The third kappa shape index (κ3) is 5.03. The van der Waals surface area contributed by atoms with Crippen molar-refractivity contribution in [2.75, 3.05) is 12.4 Å². The molecule has 0 bridgehead atoms. The molecule has 3 aromatic rings. The fraction of sp³-hybridized carbons (Fsp3) is 0.417. The highest BCUT2D eigenvalue weighted by Crippen LogP contribution is 2.51. The predicted octanol–water partition coefficient (Wildman–Crippen LogP) is 5.49. The minimum absolute atomic E-state index is 0.216. The predicted molar refractivity (Wildman–Crippen MR) is 130 cm³/mol. The van der Waals surface area contributed by atoms with Crippen LogP contribution in [0, 0.1) is 18.3 Å². The minimum atomic E-state index is -1.07. The molecule has 2 N–H and O–H groups in total. The lowest BCUT2D eigenvalue weighted by molar-refractivity contribution is -0.157. The van der Waals surface area contributed by atoms with Crippen LogP contribution in [0.2, 0.25) is 5.02 Å². The maximum absolute atomic E-state index is 12.2. The molecule has 4 rings (SSSR count). The molecule has 0 saturated heterocycles. The van der Waals surface area contributed by atoms with Crippen molar-refractivity contribution in [1.82, 2.24) is 15.0 Å². The number of rotatable bonds is 5. The lowest BCUT2D eigenvalue weighted by Gasteiger charge is -2.44. The SMILES string of the molecule is COC(=O)C1CCC(O)(c2ncc(-c3cc(C)cc(Nc4ncc(Cl)cn4)c3)s2)CC1(C)C. The molecule has 2 aromatic heterocycles. The van der Waals surface area contributed by atoms with Gasteiger partial charge in [-0.3, -0.25) is 4.79 Å². The molecule has 174 valence electrons. The van der Waals surface area contributed by atoms with Crippen LogP contribution in [0.25, 0.3) is 10.4 Å². The largest absolute Gasteiger partial charge is 0.469 e. The summed E-state index contributed by atoms with van der Waals surface area (Å²) in [5.74, 6) is 0.00823. The van der Waals surface area contributed by atoms with E-state index < -0.39 is 11.0 Å². The first-order valence-electron chi connectivity index (χ1n) is 10.7. The highest BCUT2D eigenvalue weighted by atomic mass is 35.5. The Bertz CT molecular complexity index is 1160. The van der Waals surface area contributed by atoms with Crippen LogP contribution >= 0.6 is 22.9 Å². The van der Waals surface area contributed by atoms with Gasteiger partial charge in [0.1, 0.15) is 10.6 Å². The van der Waals surface area contributed by atoms with E-state index in [2.05, 4.69) is 26.3 Å². The molecule has 1 aliphatic rings. The third-order valence-electron chi connectivity index (χ3n) is 6.17. The first-order chi connectivity index (χ1) is 15.6. The van der Waals surface area contributed by atoms with E-state index in [1.807, 2.05) is 32.9 Å². The Morgan fingerprint density at radius 3 is 2.61 bits per heavy atom.